The molecule has 25 heavy (non-hydrogen) atoms. The zero-order valence-corrected chi connectivity index (χ0v) is 14.8. The molecule has 2 unspecified atom stereocenters. The Morgan fingerprint density at radius 3 is 2.56 bits per heavy atom. The Morgan fingerprint density at radius 2 is 1.88 bits per heavy atom. The van der Waals surface area contributed by atoms with Crippen LogP contribution in [-0.4, -0.2) is 42.4 Å². The highest BCUT2D eigenvalue weighted by atomic mass is 16.6. The summed E-state index contributed by atoms with van der Waals surface area (Å²) in [6, 6.07) is 18.3. The van der Waals surface area contributed by atoms with E-state index in [2.05, 4.69) is 36.1 Å². The number of rotatable bonds is 8. The van der Waals surface area contributed by atoms with Gasteiger partial charge in [0.2, 0.25) is 0 Å². The highest BCUT2D eigenvalue weighted by Gasteiger charge is 2.33. The minimum atomic E-state index is 0.0154. The molecule has 4 heteroatoms. The molecule has 2 atom stereocenters. The van der Waals surface area contributed by atoms with E-state index in [0.717, 1.165) is 30.8 Å². The summed E-state index contributed by atoms with van der Waals surface area (Å²) in [6.07, 6.45) is 1.86. The molecule has 2 aromatic rings. The third-order valence-corrected chi connectivity index (χ3v) is 4.45. The number of aliphatic hydroxyl groups is 1. The van der Waals surface area contributed by atoms with Crippen molar-refractivity contribution in [2.24, 2.45) is 0 Å². The van der Waals surface area contributed by atoms with Crippen LogP contribution < -0.4 is 4.74 Å². The zero-order valence-electron chi connectivity index (χ0n) is 14.8. The lowest BCUT2D eigenvalue weighted by molar-refractivity contribution is -0.0158. The second-order valence-electron chi connectivity index (χ2n) is 6.44. The van der Waals surface area contributed by atoms with Crippen molar-refractivity contribution in [3.63, 3.8) is 0 Å². The molecule has 1 saturated heterocycles. The van der Waals surface area contributed by atoms with Gasteiger partial charge in [0.25, 0.3) is 0 Å². The number of ether oxygens (including phenoxy) is 2. The molecule has 134 valence electrons. The third kappa shape index (κ3) is 4.82. The van der Waals surface area contributed by atoms with Crippen LogP contribution in [0.2, 0.25) is 0 Å². The molecule has 0 aromatic heterocycles. The number of benzene rings is 2. The summed E-state index contributed by atoms with van der Waals surface area (Å²) in [5, 5.41) is 8.97. The Kier molecular flexibility index (Phi) is 6.45. The van der Waals surface area contributed by atoms with Gasteiger partial charge in [0.05, 0.1) is 0 Å². The predicted molar refractivity (Wildman–Crippen MR) is 98.6 cm³/mol. The molecular weight excluding hydrogens is 314 g/mol. The van der Waals surface area contributed by atoms with E-state index in [1.54, 1.807) is 0 Å². The molecule has 1 aliphatic heterocycles. The van der Waals surface area contributed by atoms with Gasteiger partial charge in [0.15, 0.2) is 0 Å². The summed E-state index contributed by atoms with van der Waals surface area (Å²) in [6.45, 7) is 4.81. The summed E-state index contributed by atoms with van der Waals surface area (Å²) in [4.78, 5) is 2.38. The number of nitrogens with zero attached hydrogens (tertiary/aromatic N) is 1. The van der Waals surface area contributed by atoms with Crippen LogP contribution in [0.25, 0.3) is 0 Å². The molecule has 4 nitrogen and oxygen atoms in total. The number of hydrogen-bond acceptors (Lipinski definition) is 4. The standard InChI is InChI=1S/C21H27NO3/c1-2-13-22-15-20(25-21(22)18-6-4-3-5-7-18)16-24-19-10-8-17(9-11-19)12-14-23/h3-11,20-21,23H,2,12-16H2,1H3. The van der Waals surface area contributed by atoms with E-state index < -0.39 is 0 Å². The third-order valence-electron chi connectivity index (χ3n) is 4.45. The molecule has 3 rings (SSSR count). The van der Waals surface area contributed by atoms with Gasteiger partial charge in [-0.2, -0.15) is 0 Å². The van der Waals surface area contributed by atoms with Gasteiger partial charge >= 0.3 is 0 Å². The Balaban J connectivity index is 1.58. The van der Waals surface area contributed by atoms with Crippen LogP contribution in [0.15, 0.2) is 54.6 Å². The Labute approximate surface area is 150 Å². The lowest BCUT2D eigenvalue weighted by Gasteiger charge is -2.22. The molecule has 0 radical (unpaired) electrons. The van der Waals surface area contributed by atoms with E-state index in [9.17, 15) is 0 Å². The Morgan fingerprint density at radius 1 is 1.12 bits per heavy atom. The van der Waals surface area contributed by atoms with Gasteiger partial charge in [-0.1, -0.05) is 49.4 Å². The van der Waals surface area contributed by atoms with Crippen molar-refractivity contribution in [3.8, 4) is 5.75 Å². The molecule has 0 amide bonds. The van der Waals surface area contributed by atoms with E-state index in [4.69, 9.17) is 14.6 Å². The van der Waals surface area contributed by atoms with Crippen molar-refractivity contribution in [2.75, 3.05) is 26.3 Å². The van der Waals surface area contributed by atoms with Crippen LogP contribution >= 0.6 is 0 Å². The van der Waals surface area contributed by atoms with Crippen LogP contribution in [0.1, 0.15) is 30.7 Å². The molecule has 1 heterocycles. The fraction of sp³-hybridized carbons (Fsp3) is 0.429. The van der Waals surface area contributed by atoms with Crippen molar-refractivity contribution in [3.05, 3.63) is 65.7 Å². The number of hydrogen-bond donors (Lipinski definition) is 1. The number of aliphatic hydroxyl groups excluding tert-OH is 1. The van der Waals surface area contributed by atoms with Gasteiger partial charge in [0, 0.05) is 19.7 Å². The van der Waals surface area contributed by atoms with E-state index in [1.165, 1.54) is 5.56 Å². The quantitative estimate of drug-likeness (QED) is 0.799. The molecule has 0 saturated carbocycles. The van der Waals surface area contributed by atoms with Crippen LogP contribution in [0.5, 0.6) is 5.75 Å². The summed E-state index contributed by atoms with van der Waals surface area (Å²) in [7, 11) is 0. The minimum Gasteiger partial charge on any atom is -0.491 e. The zero-order chi connectivity index (χ0) is 17.5. The first-order chi connectivity index (χ1) is 12.3. The molecule has 1 fully saturated rings. The summed E-state index contributed by atoms with van der Waals surface area (Å²) < 4.78 is 12.2. The Bertz CT molecular complexity index is 629. The first-order valence-corrected chi connectivity index (χ1v) is 9.07. The highest BCUT2D eigenvalue weighted by Crippen LogP contribution is 2.30. The molecule has 0 bridgehead atoms. The Hall–Kier alpha value is -1.88. The summed E-state index contributed by atoms with van der Waals surface area (Å²) in [5.74, 6) is 0.843. The predicted octanol–water partition coefficient (Wildman–Crippen LogP) is 3.41. The van der Waals surface area contributed by atoms with Gasteiger partial charge in [-0.25, -0.2) is 0 Å². The normalized spacial score (nSPS) is 20.7. The average molecular weight is 341 g/mol. The van der Waals surface area contributed by atoms with Crippen molar-refractivity contribution in [2.45, 2.75) is 32.1 Å². The molecule has 0 spiro atoms. The summed E-state index contributed by atoms with van der Waals surface area (Å²) in [5.41, 5.74) is 2.32. The van der Waals surface area contributed by atoms with Crippen molar-refractivity contribution >= 4 is 0 Å². The second-order valence-corrected chi connectivity index (χ2v) is 6.44. The van der Waals surface area contributed by atoms with Crippen LogP contribution in [0.4, 0.5) is 0 Å². The second kappa shape index (κ2) is 8.99. The largest absolute Gasteiger partial charge is 0.491 e. The first kappa shape index (κ1) is 17.9. The van der Waals surface area contributed by atoms with E-state index >= 15 is 0 Å². The van der Waals surface area contributed by atoms with Crippen molar-refractivity contribution < 1.29 is 14.6 Å². The topological polar surface area (TPSA) is 41.9 Å². The van der Waals surface area contributed by atoms with E-state index in [-0.39, 0.29) is 18.9 Å². The van der Waals surface area contributed by atoms with Gasteiger partial charge < -0.3 is 14.6 Å². The fourth-order valence-corrected chi connectivity index (χ4v) is 3.23. The fourth-order valence-electron chi connectivity index (χ4n) is 3.23. The monoisotopic (exact) mass is 341 g/mol. The maximum absolute atomic E-state index is 8.97. The van der Waals surface area contributed by atoms with E-state index in [1.807, 2.05) is 30.3 Å². The van der Waals surface area contributed by atoms with Crippen LogP contribution in [0, 0.1) is 0 Å². The van der Waals surface area contributed by atoms with Crippen molar-refractivity contribution in [1.82, 2.24) is 4.90 Å². The van der Waals surface area contributed by atoms with Gasteiger partial charge in [-0.3, -0.25) is 4.90 Å². The average Bonchev–Trinajstić information content (AvgIpc) is 3.05. The first-order valence-electron chi connectivity index (χ1n) is 9.07. The maximum Gasteiger partial charge on any atom is 0.137 e. The molecular formula is C21H27NO3. The minimum absolute atomic E-state index is 0.0154. The van der Waals surface area contributed by atoms with Crippen LogP contribution in [0.3, 0.4) is 0 Å². The molecule has 1 N–H and O–H groups in total. The molecule has 0 aliphatic carbocycles. The lowest BCUT2D eigenvalue weighted by atomic mass is 10.1. The van der Waals surface area contributed by atoms with E-state index in [0.29, 0.717) is 13.0 Å². The molecule has 1 aliphatic rings. The van der Waals surface area contributed by atoms with Gasteiger partial charge in [-0.15, -0.1) is 0 Å². The maximum atomic E-state index is 8.97. The van der Waals surface area contributed by atoms with Gasteiger partial charge in [-0.05, 0) is 36.1 Å². The SMILES string of the molecule is CCCN1CC(COc2ccc(CCO)cc2)OC1c1ccccc1. The van der Waals surface area contributed by atoms with Crippen LogP contribution in [-0.2, 0) is 11.2 Å². The van der Waals surface area contributed by atoms with Gasteiger partial charge in [0.1, 0.15) is 24.7 Å². The molecule has 2 aromatic carbocycles. The highest BCUT2D eigenvalue weighted by molar-refractivity contribution is 5.27. The lowest BCUT2D eigenvalue weighted by Crippen LogP contribution is -2.27. The summed E-state index contributed by atoms with van der Waals surface area (Å²) >= 11 is 0. The smallest absolute Gasteiger partial charge is 0.137 e. The van der Waals surface area contributed by atoms with Crippen molar-refractivity contribution in [1.29, 1.82) is 0 Å².